The average molecular weight is 515 g/mol. The summed E-state index contributed by atoms with van der Waals surface area (Å²) in [4.78, 5) is 12.7. The van der Waals surface area contributed by atoms with Crippen LogP contribution in [0.3, 0.4) is 0 Å². The van der Waals surface area contributed by atoms with Crippen molar-refractivity contribution in [2.45, 2.75) is 54.6 Å². The molecule has 9 heteroatoms. The lowest BCUT2D eigenvalue weighted by molar-refractivity contribution is -0.127. The van der Waals surface area contributed by atoms with Gasteiger partial charge in [0.15, 0.2) is 9.84 Å². The summed E-state index contributed by atoms with van der Waals surface area (Å²) in [5, 5.41) is 0.354. The minimum atomic E-state index is -4.21. The number of hydrogen-bond acceptors (Lipinski definition) is 4. The van der Waals surface area contributed by atoms with Crippen LogP contribution in [0.15, 0.2) is 47.4 Å². The predicted octanol–water partition coefficient (Wildman–Crippen LogP) is 6.01. The Labute approximate surface area is 200 Å². The zero-order chi connectivity index (χ0) is 24.4. The number of carbonyl (C=O) groups excluding carboxylic acids is 1. The number of sulfone groups is 1. The van der Waals surface area contributed by atoms with Crippen molar-refractivity contribution in [1.82, 2.24) is 0 Å². The van der Waals surface area contributed by atoms with Crippen molar-refractivity contribution in [3.05, 3.63) is 64.7 Å². The van der Waals surface area contributed by atoms with E-state index in [1.165, 1.54) is 24.3 Å². The van der Waals surface area contributed by atoms with Crippen LogP contribution in [-0.4, -0.2) is 35.5 Å². The first-order valence-corrected chi connectivity index (χ1v) is 16.5. The van der Waals surface area contributed by atoms with Gasteiger partial charge >= 0.3 is 0 Å². The molecule has 1 aliphatic carbocycles. The molecule has 0 saturated heterocycles. The molecule has 1 fully saturated rings. The van der Waals surface area contributed by atoms with E-state index in [-0.39, 0.29) is 42.1 Å². The van der Waals surface area contributed by atoms with E-state index in [9.17, 15) is 17.6 Å². The Morgan fingerprint density at radius 2 is 1.79 bits per heavy atom. The maximum Gasteiger partial charge on any atom is 0.188 e. The summed E-state index contributed by atoms with van der Waals surface area (Å²) in [6.45, 7) is 7.15. The second-order valence-electron chi connectivity index (χ2n) is 9.83. The van der Waals surface area contributed by atoms with Crippen LogP contribution in [0.25, 0.3) is 0 Å². The zero-order valence-electron chi connectivity index (χ0n) is 19.0. The number of rotatable bonds is 8. The topological polar surface area (TPSA) is 60.4 Å². The molecular formula is C24H29ClF2O4SSi. The lowest BCUT2D eigenvalue weighted by Gasteiger charge is -2.40. The molecule has 2 aromatic rings. The van der Waals surface area contributed by atoms with Gasteiger partial charge in [-0.05, 0) is 61.4 Å². The molecular weight excluding hydrogens is 486 g/mol. The zero-order valence-corrected chi connectivity index (χ0v) is 21.6. The van der Waals surface area contributed by atoms with E-state index in [0.717, 1.165) is 24.2 Å². The third-order valence-electron chi connectivity index (χ3n) is 6.18. The van der Waals surface area contributed by atoms with Crippen molar-refractivity contribution in [3.63, 3.8) is 0 Å². The summed E-state index contributed by atoms with van der Waals surface area (Å²) in [5.74, 6) is -2.41. The second-order valence-corrected chi connectivity index (χ2v) is 18.1. The van der Waals surface area contributed by atoms with E-state index in [1.54, 1.807) is 0 Å². The van der Waals surface area contributed by atoms with Gasteiger partial charge in [0.25, 0.3) is 0 Å². The van der Waals surface area contributed by atoms with E-state index in [1.807, 2.05) is 0 Å². The molecule has 1 unspecified atom stereocenters. The predicted molar refractivity (Wildman–Crippen MR) is 128 cm³/mol. The molecule has 180 valence electrons. The van der Waals surface area contributed by atoms with Gasteiger partial charge in [0.1, 0.15) is 22.2 Å². The number of hydrogen-bond donors (Lipinski definition) is 0. The van der Waals surface area contributed by atoms with Gasteiger partial charge in [-0.25, -0.2) is 17.2 Å². The van der Waals surface area contributed by atoms with Crippen LogP contribution in [0, 0.1) is 17.6 Å². The molecule has 0 amide bonds. The van der Waals surface area contributed by atoms with Gasteiger partial charge in [-0.15, -0.1) is 0 Å². The van der Waals surface area contributed by atoms with Gasteiger partial charge in [0.05, 0.1) is 11.5 Å². The Kier molecular flexibility index (Phi) is 7.83. The van der Waals surface area contributed by atoms with Gasteiger partial charge in [-0.1, -0.05) is 31.2 Å². The Hall–Kier alpha value is -1.61. The number of carbonyl (C=O) groups is 1. The van der Waals surface area contributed by atoms with Gasteiger partial charge in [-0.2, -0.15) is 0 Å². The summed E-state index contributed by atoms with van der Waals surface area (Å²) >= 11 is 5.93. The Bertz CT molecular complexity index is 1120. The van der Waals surface area contributed by atoms with Crippen LogP contribution in [0.4, 0.5) is 8.78 Å². The molecule has 33 heavy (non-hydrogen) atoms. The molecule has 0 spiro atoms. The monoisotopic (exact) mass is 514 g/mol. The highest BCUT2D eigenvalue weighted by molar-refractivity contribution is 7.92. The minimum Gasteiger partial charge on any atom is -0.381 e. The fourth-order valence-corrected chi connectivity index (χ4v) is 7.28. The van der Waals surface area contributed by atoms with Crippen molar-refractivity contribution in [3.8, 4) is 0 Å². The molecule has 0 bridgehead atoms. The third-order valence-corrected chi connectivity index (χ3v) is 10.6. The Balaban J connectivity index is 2.03. The Morgan fingerprint density at radius 3 is 2.42 bits per heavy atom. The van der Waals surface area contributed by atoms with Gasteiger partial charge < -0.3 is 4.74 Å². The molecule has 0 heterocycles. The Morgan fingerprint density at radius 1 is 1.12 bits per heavy atom. The molecule has 2 aromatic carbocycles. The van der Waals surface area contributed by atoms with Crippen molar-refractivity contribution >= 4 is 35.3 Å². The molecule has 0 radical (unpaired) electrons. The smallest absolute Gasteiger partial charge is 0.188 e. The number of Topliss-reactive ketones (excluding diaryl/α,β-unsaturated/α-hetero) is 1. The summed E-state index contributed by atoms with van der Waals surface area (Å²) in [5.41, 5.74) is -0.253. The highest BCUT2D eigenvalue weighted by Crippen LogP contribution is 2.49. The van der Waals surface area contributed by atoms with E-state index in [4.69, 9.17) is 16.3 Å². The van der Waals surface area contributed by atoms with Crippen molar-refractivity contribution in [2.24, 2.45) is 5.92 Å². The molecule has 1 aliphatic rings. The highest BCUT2D eigenvalue weighted by atomic mass is 35.5. The van der Waals surface area contributed by atoms with Crippen molar-refractivity contribution in [2.75, 3.05) is 13.2 Å². The molecule has 0 N–H and O–H groups in total. The minimum absolute atomic E-state index is 0.0525. The van der Waals surface area contributed by atoms with Crippen LogP contribution in [0.5, 0.6) is 0 Å². The van der Waals surface area contributed by atoms with E-state index >= 15 is 4.39 Å². The SMILES string of the molecule is C[Si](C)(C)CCOCC1C[C@@](c2cc(F)ccc2F)(S(=O)(=O)c2ccc(Cl)cc2)CCC1=O. The largest absolute Gasteiger partial charge is 0.381 e. The highest BCUT2D eigenvalue weighted by Gasteiger charge is 2.52. The van der Waals surface area contributed by atoms with Crippen LogP contribution in [0.1, 0.15) is 24.8 Å². The number of ether oxygens (including phenoxy) is 1. The number of benzene rings is 2. The second kappa shape index (κ2) is 9.94. The van der Waals surface area contributed by atoms with Crippen LogP contribution >= 0.6 is 11.6 Å². The summed E-state index contributed by atoms with van der Waals surface area (Å²) in [6, 6.07) is 9.30. The quantitative estimate of drug-likeness (QED) is 0.319. The number of halogens is 3. The molecule has 0 aromatic heterocycles. The standard InChI is InChI=1S/C24H29ClF2O4SSi/c1-33(2,3)13-12-31-16-17-15-24(11-10-23(17)28,21-14-19(26)6-9-22(21)27)32(29,30)20-7-4-18(25)5-8-20/h4-9,14,17H,10-13,15-16H2,1-3H3/t17?,24-/m0/s1. The van der Waals surface area contributed by atoms with E-state index < -0.39 is 40.2 Å². The molecule has 4 nitrogen and oxygen atoms in total. The van der Waals surface area contributed by atoms with Crippen LogP contribution in [0.2, 0.25) is 30.7 Å². The summed E-state index contributed by atoms with van der Waals surface area (Å²) in [7, 11) is -5.55. The lowest BCUT2D eigenvalue weighted by atomic mass is 9.76. The summed E-state index contributed by atoms with van der Waals surface area (Å²) in [6.07, 6.45) is -0.377. The first kappa shape index (κ1) is 26.0. The number of ketones is 1. The average Bonchev–Trinajstić information content (AvgIpc) is 2.74. The third kappa shape index (κ3) is 5.73. The van der Waals surface area contributed by atoms with Gasteiger partial charge in [-0.3, -0.25) is 4.79 Å². The summed E-state index contributed by atoms with van der Waals surface area (Å²) < 4.78 is 61.0. The first-order chi connectivity index (χ1) is 15.4. The maximum absolute atomic E-state index is 15.0. The lowest BCUT2D eigenvalue weighted by Crippen LogP contribution is -2.45. The maximum atomic E-state index is 15.0. The fraction of sp³-hybridized carbons (Fsp3) is 0.458. The molecule has 3 rings (SSSR count). The molecule has 2 atom stereocenters. The van der Waals surface area contributed by atoms with Crippen LogP contribution < -0.4 is 0 Å². The van der Waals surface area contributed by atoms with Crippen molar-refractivity contribution < 1.29 is 26.7 Å². The van der Waals surface area contributed by atoms with E-state index in [0.29, 0.717) is 11.6 Å². The normalized spacial score (nSPS) is 21.9. The van der Waals surface area contributed by atoms with Gasteiger partial charge in [0, 0.05) is 37.6 Å². The molecule has 1 saturated carbocycles. The van der Waals surface area contributed by atoms with Crippen molar-refractivity contribution in [1.29, 1.82) is 0 Å². The first-order valence-electron chi connectivity index (χ1n) is 10.9. The molecule has 0 aliphatic heterocycles. The fourth-order valence-electron chi connectivity index (χ4n) is 4.22. The van der Waals surface area contributed by atoms with Gasteiger partial charge in [0.2, 0.25) is 0 Å². The van der Waals surface area contributed by atoms with Crippen LogP contribution in [-0.2, 0) is 24.1 Å². The van der Waals surface area contributed by atoms with E-state index in [2.05, 4.69) is 19.6 Å².